The van der Waals surface area contributed by atoms with Gasteiger partial charge in [0.25, 0.3) is 17.7 Å². The minimum atomic E-state index is -0.504. The van der Waals surface area contributed by atoms with Gasteiger partial charge in [0.1, 0.15) is 5.75 Å². The summed E-state index contributed by atoms with van der Waals surface area (Å²) >= 11 is 4.78. The highest BCUT2D eigenvalue weighted by Gasteiger charge is 2.16. The average molecular weight is 680 g/mol. The zero-order valence-electron chi connectivity index (χ0n) is 23.8. The maximum Gasteiger partial charge on any atom is 0.271 e. The minimum absolute atomic E-state index is 0.0692. The molecule has 0 aliphatic carbocycles. The second kappa shape index (κ2) is 15.9. The van der Waals surface area contributed by atoms with Crippen LogP contribution in [0.25, 0.3) is 10.4 Å². The molecule has 1 aromatic heterocycles. The molecule has 3 aromatic carbocycles. The van der Waals surface area contributed by atoms with E-state index in [-0.39, 0.29) is 42.9 Å². The Kier molecular flexibility index (Phi) is 11.8. The zero-order chi connectivity index (χ0) is 31.5. The fraction of sp³-hybridized carbons (Fsp3) is 0.188. The molecule has 1 heterocycles. The Morgan fingerprint density at radius 1 is 0.886 bits per heavy atom. The van der Waals surface area contributed by atoms with Crippen LogP contribution in [0, 0.1) is 0 Å². The number of halogens is 1. The molecule has 0 aliphatic heterocycles. The van der Waals surface area contributed by atoms with Crippen molar-refractivity contribution in [3.05, 3.63) is 110 Å². The van der Waals surface area contributed by atoms with Crippen molar-refractivity contribution < 1.29 is 29.3 Å². The van der Waals surface area contributed by atoms with Crippen molar-refractivity contribution in [2.45, 2.75) is 13.5 Å². The standard InChI is InChI=1S/C32H31BrN4O6S/c1-20(27-19-44-29(28(27)39)22-9-11-26(33)12-10-22)36-37-32(42)25-4-2-3-24(17-25)31(41)35-18-21-5-7-23(8-6-21)30(40)34-13-15-43-16-14-38/h2-12,17,19,38-39H,13-16,18H2,1H3,(H,34,40)(H,35,41)(H,37,42)/b36-20+. The molecule has 0 atom stereocenters. The maximum atomic E-state index is 12.8. The van der Waals surface area contributed by atoms with E-state index in [0.717, 1.165) is 15.6 Å². The maximum absolute atomic E-state index is 12.8. The molecule has 3 amide bonds. The zero-order valence-corrected chi connectivity index (χ0v) is 26.2. The first-order chi connectivity index (χ1) is 21.3. The van der Waals surface area contributed by atoms with Crippen molar-refractivity contribution in [1.82, 2.24) is 16.1 Å². The van der Waals surface area contributed by atoms with E-state index in [1.807, 2.05) is 24.3 Å². The molecule has 0 fully saturated rings. The van der Waals surface area contributed by atoms with Crippen LogP contribution in [0.5, 0.6) is 5.75 Å². The molecule has 0 spiro atoms. The lowest BCUT2D eigenvalue weighted by atomic mass is 10.1. The number of hydrogen-bond donors (Lipinski definition) is 5. The topological polar surface area (TPSA) is 149 Å². The summed E-state index contributed by atoms with van der Waals surface area (Å²) in [6, 6.07) is 20.7. The van der Waals surface area contributed by atoms with Crippen LogP contribution in [-0.4, -0.2) is 60.0 Å². The van der Waals surface area contributed by atoms with E-state index in [2.05, 4.69) is 37.1 Å². The molecule has 0 unspecified atom stereocenters. The highest BCUT2D eigenvalue weighted by Crippen LogP contribution is 2.39. The first-order valence-corrected chi connectivity index (χ1v) is 15.3. The lowest BCUT2D eigenvalue weighted by Crippen LogP contribution is -2.27. The number of rotatable bonds is 13. The van der Waals surface area contributed by atoms with Crippen LogP contribution in [-0.2, 0) is 11.3 Å². The highest BCUT2D eigenvalue weighted by molar-refractivity contribution is 9.10. The molecule has 228 valence electrons. The van der Waals surface area contributed by atoms with Crippen LogP contribution in [0.15, 0.2) is 87.8 Å². The summed E-state index contributed by atoms with van der Waals surface area (Å²) in [7, 11) is 0. The largest absolute Gasteiger partial charge is 0.506 e. The number of ether oxygens (including phenoxy) is 1. The number of carbonyl (C=O) groups is 3. The van der Waals surface area contributed by atoms with Crippen LogP contribution in [0.3, 0.4) is 0 Å². The summed E-state index contributed by atoms with van der Waals surface area (Å²) in [6.45, 7) is 2.69. The van der Waals surface area contributed by atoms with Gasteiger partial charge in [-0.3, -0.25) is 14.4 Å². The van der Waals surface area contributed by atoms with Gasteiger partial charge >= 0.3 is 0 Å². The van der Waals surface area contributed by atoms with E-state index in [4.69, 9.17) is 9.84 Å². The fourth-order valence-electron chi connectivity index (χ4n) is 4.04. The lowest BCUT2D eigenvalue weighted by Gasteiger charge is -2.09. The number of thiophene rings is 1. The smallest absolute Gasteiger partial charge is 0.271 e. The number of nitrogens with one attached hydrogen (secondary N) is 3. The first-order valence-electron chi connectivity index (χ1n) is 13.6. The molecule has 0 saturated carbocycles. The quantitative estimate of drug-likeness (QED) is 0.0786. The van der Waals surface area contributed by atoms with Gasteiger partial charge in [0.05, 0.1) is 36.0 Å². The van der Waals surface area contributed by atoms with E-state index in [0.29, 0.717) is 40.4 Å². The van der Waals surface area contributed by atoms with Crippen LogP contribution in [0.1, 0.15) is 49.1 Å². The van der Waals surface area contributed by atoms with E-state index < -0.39 is 5.91 Å². The number of aliphatic hydroxyl groups excluding tert-OH is 1. The van der Waals surface area contributed by atoms with Crippen LogP contribution < -0.4 is 16.1 Å². The fourth-order valence-corrected chi connectivity index (χ4v) is 5.32. The molecule has 10 nitrogen and oxygen atoms in total. The van der Waals surface area contributed by atoms with Crippen molar-refractivity contribution in [3.8, 4) is 16.2 Å². The summed E-state index contributed by atoms with van der Waals surface area (Å²) in [4.78, 5) is 38.5. The molecule has 12 heteroatoms. The second-order valence-electron chi connectivity index (χ2n) is 9.52. The van der Waals surface area contributed by atoms with Gasteiger partial charge in [-0.05, 0) is 60.5 Å². The van der Waals surface area contributed by atoms with Gasteiger partial charge in [0.15, 0.2) is 0 Å². The molecule has 0 aliphatic rings. The molecular formula is C32H31BrN4O6S. The van der Waals surface area contributed by atoms with Crippen molar-refractivity contribution in [1.29, 1.82) is 0 Å². The third-order valence-corrected chi connectivity index (χ3v) is 7.96. The van der Waals surface area contributed by atoms with Crippen LogP contribution >= 0.6 is 27.3 Å². The summed E-state index contributed by atoms with van der Waals surface area (Å²) in [5.74, 6) is -1.03. The summed E-state index contributed by atoms with van der Waals surface area (Å²) in [5.41, 5.74) is 6.11. The molecule has 44 heavy (non-hydrogen) atoms. The Balaban J connectivity index is 1.30. The van der Waals surface area contributed by atoms with Crippen LogP contribution in [0.4, 0.5) is 0 Å². The van der Waals surface area contributed by atoms with Gasteiger partial charge in [-0.25, -0.2) is 5.43 Å². The molecule has 4 rings (SSSR count). The van der Waals surface area contributed by atoms with Gasteiger partial charge in [0.2, 0.25) is 0 Å². The van der Waals surface area contributed by atoms with E-state index in [1.165, 1.54) is 17.4 Å². The lowest BCUT2D eigenvalue weighted by molar-refractivity contribution is 0.0837. The van der Waals surface area contributed by atoms with Crippen molar-refractivity contribution >= 4 is 50.7 Å². The minimum Gasteiger partial charge on any atom is -0.506 e. The van der Waals surface area contributed by atoms with Gasteiger partial charge in [0, 0.05) is 39.6 Å². The predicted molar refractivity (Wildman–Crippen MR) is 173 cm³/mol. The van der Waals surface area contributed by atoms with Crippen molar-refractivity contribution in [2.75, 3.05) is 26.4 Å². The Bertz CT molecular complexity index is 1640. The number of aliphatic hydroxyl groups is 1. The third kappa shape index (κ3) is 8.83. The predicted octanol–water partition coefficient (Wildman–Crippen LogP) is 4.71. The SMILES string of the molecule is C/C(=N\NC(=O)c1cccc(C(=O)NCc2ccc(C(=O)NCCOCCO)cc2)c1)c1csc(-c2ccc(Br)cc2)c1O. The molecular weight excluding hydrogens is 648 g/mol. The molecule has 5 N–H and O–H groups in total. The Morgan fingerprint density at radius 2 is 1.57 bits per heavy atom. The number of hydrogen-bond acceptors (Lipinski definition) is 8. The summed E-state index contributed by atoms with van der Waals surface area (Å²) in [5, 5.41) is 30.9. The van der Waals surface area contributed by atoms with E-state index >= 15 is 0 Å². The summed E-state index contributed by atoms with van der Waals surface area (Å²) in [6.07, 6.45) is 0. The molecule has 0 bridgehead atoms. The van der Waals surface area contributed by atoms with Gasteiger partial charge in [-0.15, -0.1) is 11.3 Å². The van der Waals surface area contributed by atoms with E-state index in [9.17, 15) is 19.5 Å². The number of benzene rings is 3. The molecule has 4 aromatic rings. The Morgan fingerprint density at radius 3 is 2.27 bits per heavy atom. The Labute approximate surface area is 266 Å². The first kappa shape index (κ1) is 32.6. The average Bonchev–Trinajstić information content (AvgIpc) is 3.43. The summed E-state index contributed by atoms with van der Waals surface area (Å²) < 4.78 is 6.05. The normalized spacial score (nSPS) is 11.2. The van der Waals surface area contributed by atoms with Crippen LogP contribution in [0.2, 0.25) is 0 Å². The molecule has 0 saturated heterocycles. The Hall–Kier alpha value is -4.36. The second-order valence-corrected chi connectivity index (χ2v) is 11.3. The van der Waals surface area contributed by atoms with Gasteiger partial charge in [-0.2, -0.15) is 5.10 Å². The number of carbonyl (C=O) groups excluding carboxylic acids is 3. The number of amides is 3. The highest BCUT2D eigenvalue weighted by atomic mass is 79.9. The van der Waals surface area contributed by atoms with Crippen molar-refractivity contribution in [2.24, 2.45) is 5.10 Å². The number of hydrazone groups is 1. The van der Waals surface area contributed by atoms with Crippen molar-refractivity contribution in [3.63, 3.8) is 0 Å². The third-order valence-electron chi connectivity index (χ3n) is 6.41. The monoisotopic (exact) mass is 678 g/mol. The number of aromatic hydroxyl groups is 1. The number of nitrogens with zero attached hydrogens (tertiary/aromatic N) is 1. The van der Waals surface area contributed by atoms with Gasteiger partial charge < -0.3 is 25.6 Å². The molecule has 0 radical (unpaired) electrons. The van der Waals surface area contributed by atoms with E-state index in [1.54, 1.807) is 54.8 Å². The van der Waals surface area contributed by atoms with Gasteiger partial charge in [-0.1, -0.05) is 46.3 Å².